The van der Waals surface area contributed by atoms with Crippen LogP contribution in [0.3, 0.4) is 0 Å². The Hall–Kier alpha value is -2.60. The Kier molecular flexibility index (Phi) is 6.60. The summed E-state index contributed by atoms with van der Waals surface area (Å²) >= 11 is 1.38. The standard InChI is InChI=1S/C25H30N2O3S/c1-15(2)18-11-12-21(20-10-8-7-9-19(18)20)27-17(4)14-26-24(27)31-25(5,6)22(28)13-16(3)23(29)30/h7-12,14-16H,13H2,1-6H3,(H,29,30). The Morgan fingerprint density at radius 3 is 2.35 bits per heavy atom. The zero-order valence-corrected chi connectivity index (χ0v) is 19.8. The van der Waals surface area contributed by atoms with E-state index in [0.29, 0.717) is 5.92 Å². The molecule has 1 unspecified atom stereocenters. The molecule has 0 radical (unpaired) electrons. The number of hydrogen-bond acceptors (Lipinski definition) is 4. The van der Waals surface area contributed by atoms with Gasteiger partial charge in [-0.15, -0.1) is 0 Å². The maximum absolute atomic E-state index is 12.8. The van der Waals surface area contributed by atoms with Gasteiger partial charge in [0.05, 0.1) is 16.4 Å². The van der Waals surface area contributed by atoms with E-state index in [1.807, 2.05) is 33.0 Å². The van der Waals surface area contributed by atoms with Crippen molar-refractivity contribution in [3.63, 3.8) is 0 Å². The quantitative estimate of drug-likeness (QED) is 0.436. The van der Waals surface area contributed by atoms with Gasteiger partial charge < -0.3 is 5.11 Å². The van der Waals surface area contributed by atoms with Crippen molar-refractivity contribution in [3.05, 3.63) is 53.9 Å². The fourth-order valence-corrected chi connectivity index (χ4v) is 4.77. The van der Waals surface area contributed by atoms with Crippen LogP contribution < -0.4 is 0 Å². The van der Waals surface area contributed by atoms with Crippen molar-refractivity contribution >= 4 is 34.3 Å². The number of Topliss-reactive ketones (excluding diaryl/α,β-unsaturated/α-hetero) is 1. The van der Waals surface area contributed by atoms with Crippen LogP contribution in [-0.4, -0.2) is 31.2 Å². The third-order valence-electron chi connectivity index (χ3n) is 5.63. The summed E-state index contributed by atoms with van der Waals surface area (Å²) < 4.78 is 1.29. The predicted molar refractivity (Wildman–Crippen MR) is 126 cm³/mol. The van der Waals surface area contributed by atoms with E-state index in [1.54, 1.807) is 6.92 Å². The molecule has 1 aromatic heterocycles. The van der Waals surface area contributed by atoms with Gasteiger partial charge in [-0.05, 0) is 43.7 Å². The Labute approximate surface area is 187 Å². The van der Waals surface area contributed by atoms with Gasteiger partial charge in [0.2, 0.25) is 0 Å². The van der Waals surface area contributed by atoms with Crippen LogP contribution in [0.2, 0.25) is 0 Å². The number of rotatable bonds is 8. The largest absolute Gasteiger partial charge is 0.481 e. The van der Waals surface area contributed by atoms with Gasteiger partial charge in [-0.3, -0.25) is 14.2 Å². The lowest BCUT2D eigenvalue weighted by Gasteiger charge is -2.24. The minimum absolute atomic E-state index is 0.00103. The van der Waals surface area contributed by atoms with Gasteiger partial charge in [0.15, 0.2) is 5.16 Å². The molecule has 164 valence electrons. The van der Waals surface area contributed by atoms with Gasteiger partial charge in [0.1, 0.15) is 5.78 Å². The summed E-state index contributed by atoms with van der Waals surface area (Å²) in [6.45, 7) is 11.6. The van der Waals surface area contributed by atoms with Crippen LogP contribution in [0.5, 0.6) is 0 Å². The molecule has 0 saturated heterocycles. The molecule has 3 aromatic rings. The molecular weight excluding hydrogens is 408 g/mol. The van der Waals surface area contributed by atoms with Crippen molar-refractivity contribution in [2.75, 3.05) is 0 Å². The number of aliphatic carboxylic acids is 1. The van der Waals surface area contributed by atoms with Crippen LogP contribution in [0, 0.1) is 12.8 Å². The number of ketones is 1. The summed E-state index contributed by atoms with van der Waals surface area (Å²) in [5, 5.41) is 12.2. The molecule has 1 atom stereocenters. The first kappa shape index (κ1) is 23.1. The number of thioether (sulfide) groups is 1. The van der Waals surface area contributed by atoms with E-state index in [0.717, 1.165) is 21.9 Å². The second-order valence-electron chi connectivity index (χ2n) is 8.87. The van der Waals surface area contributed by atoms with Crippen molar-refractivity contribution in [2.45, 2.75) is 63.8 Å². The predicted octanol–water partition coefficient (Wildman–Crippen LogP) is 6.01. The molecule has 5 nitrogen and oxygen atoms in total. The Morgan fingerprint density at radius 2 is 1.74 bits per heavy atom. The maximum atomic E-state index is 12.8. The van der Waals surface area contributed by atoms with E-state index in [4.69, 9.17) is 5.11 Å². The van der Waals surface area contributed by atoms with Gasteiger partial charge in [-0.1, -0.05) is 62.9 Å². The molecule has 0 aliphatic carbocycles. The summed E-state index contributed by atoms with van der Waals surface area (Å²) in [5.74, 6) is -1.35. The van der Waals surface area contributed by atoms with E-state index in [2.05, 4.69) is 53.7 Å². The highest BCUT2D eigenvalue weighted by Gasteiger charge is 2.33. The van der Waals surface area contributed by atoms with Crippen LogP contribution in [0.15, 0.2) is 47.8 Å². The summed E-state index contributed by atoms with van der Waals surface area (Å²) in [4.78, 5) is 28.6. The lowest BCUT2D eigenvalue weighted by atomic mass is 9.95. The minimum atomic E-state index is -0.955. The van der Waals surface area contributed by atoms with Crippen molar-refractivity contribution in [1.82, 2.24) is 9.55 Å². The van der Waals surface area contributed by atoms with Crippen molar-refractivity contribution in [3.8, 4) is 5.69 Å². The van der Waals surface area contributed by atoms with Crippen LogP contribution in [-0.2, 0) is 9.59 Å². The molecule has 31 heavy (non-hydrogen) atoms. The molecule has 0 bridgehead atoms. The Balaban J connectivity index is 2.04. The molecule has 0 amide bonds. The van der Waals surface area contributed by atoms with Crippen molar-refractivity contribution in [2.24, 2.45) is 5.92 Å². The monoisotopic (exact) mass is 438 g/mol. The number of benzene rings is 2. The first-order chi connectivity index (χ1) is 14.5. The first-order valence-corrected chi connectivity index (χ1v) is 11.4. The topological polar surface area (TPSA) is 72.2 Å². The number of hydrogen-bond donors (Lipinski definition) is 1. The average Bonchev–Trinajstić information content (AvgIpc) is 3.05. The number of imidazole rings is 1. The van der Waals surface area contributed by atoms with E-state index in [1.165, 1.54) is 22.7 Å². The fraction of sp³-hybridized carbons (Fsp3) is 0.400. The second-order valence-corrected chi connectivity index (χ2v) is 10.5. The number of aryl methyl sites for hydroxylation is 1. The third-order valence-corrected chi connectivity index (χ3v) is 6.84. The number of carbonyl (C=O) groups excluding carboxylic acids is 1. The van der Waals surface area contributed by atoms with Crippen LogP contribution in [0.25, 0.3) is 16.5 Å². The highest BCUT2D eigenvalue weighted by molar-refractivity contribution is 8.01. The zero-order chi connectivity index (χ0) is 22.9. The number of nitrogens with zero attached hydrogens (tertiary/aromatic N) is 2. The third kappa shape index (κ3) is 4.69. The molecule has 0 saturated carbocycles. The molecular formula is C25H30N2O3S. The smallest absolute Gasteiger partial charge is 0.306 e. The van der Waals surface area contributed by atoms with Crippen molar-refractivity contribution in [1.29, 1.82) is 0 Å². The fourth-order valence-electron chi connectivity index (χ4n) is 3.68. The molecule has 1 N–H and O–H groups in total. The number of carboxylic acids is 1. The van der Waals surface area contributed by atoms with E-state index >= 15 is 0 Å². The van der Waals surface area contributed by atoms with E-state index < -0.39 is 16.6 Å². The van der Waals surface area contributed by atoms with Gasteiger partial charge >= 0.3 is 5.97 Å². The lowest BCUT2D eigenvalue weighted by molar-refractivity contribution is -0.143. The zero-order valence-electron chi connectivity index (χ0n) is 19.0. The summed E-state index contributed by atoms with van der Waals surface area (Å²) in [6.07, 6.45) is 1.81. The van der Waals surface area contributed by atoms with Crippen molar-refractivity contribution < 1.29 is 14.7 Å². The molecule has 6 heteroatoms. The maximum Gasteiger partial charge on any atom is 0.306 e. The molecule has 3 rings (SSSR count). The second kappa shape index (κ2) is 8.87. The molecule has 1 heterocycles. The number of carbonyl (C=O) groups is 2. The number of carboxylic acid groups (broad SMARTS) is 1. The van der Waals surface area contributed by atoms with E-state index in [9.17, 15) is 9.59 Å². The Morgan fingerprint density at radius 1 is 1.10 bits per heavy atom. The summed E-state index contributed by atoms with van der Waals surface area (Å²) in [5.41, 5.74) is 3.30. The van der Waals surface area contributed by atoms with Gasteiger partial charge in [-0.25, -0.2) is 4.98 Å². The molecule has 0 aliphatic rings. The highest BCUT2D eigenvalue weighted by Crippen LogP contribution is 2.38. The van der Waals surface area contributed by atoms with Crippen LogP contribution >= 0.6 is 11.8 Å². The van der Waals surface area contributed by atoms with Crippen LogP contribution in [0.4, 0.5) is 0 Å². The normalized spacial score (nSPS) is 13.0. The number of fused-ring (bicyclic) bond motifs is 1. The lowest BCUT2D eigenvalue weighted by Crippen LogP contribution is -2.31. The van der Waals surface area contributed by atoms with Crippen LogP contribution in [0.1, 0.15) is 58.2 Å². The van der Waals surface area contributed by atoms with E-state index in [-0.39, 0.29) is 12.2 Å². The molecule has 0 aliphatic heterocycles. The molecule has 0 fully saturated rings. The molecule has 0 spiro atoms. The number of aromatic nitrogens is 2. The van der Waals surface area contributed by atoms with Gasteiger partial charge in [-0.2, -0.15) is 0 Å². The van der Waals surface area contributed by atoms with Gasteiger partial charge in [0, 0.05) is 23.7 Å². The summed E-state index contributed by atoms with van der Waals surface area (Å²) in [6, 6.07) is 12.7. The highest BCUT2D eigenvalue weighted by atomic mass is 32.2. The SMILES string of the molecule is Cc1cnc(SC(C)(C)C(=O)CC(C)C(=O)O)n1-c1ccc(C(C)C)c2ccccc12. The Bertz CT molecular complexity index is 1130. The molecule has 2 aromatic carbocycles. The summed E-state index contributed by atoms with van der Waals surface area (Å²) in [7, 11) is 0. The first-order valence-electron chi connectivity index (χ1n) is 10.5. The average molecular weight is 439 g/mol. The van der Waals surface area contributed by atoms with Gasteiger partial charge in [0.25, 0.3) is 0 Å². The minimum Gasteiger partial charge on any atom is -0.481 e.